The summed E-state index contributed by atoms with van der Waals surface area (Å²) in [7, 11) is 1.53. The van der Waals surface area contributed by atoms with E-state index in [-0.39, 0.29) is 34.6 Å². The number of primary amides is 1. The quantitative estimate of drug-likeness (QED) is 0.613. The number of hydrogen-bond donors (Lipinski definition) is 3. The van der Waals surface area contributed by atoms with Gasteiger partial charge in [0, 0.05) is 17.1 Å². The molecule has 0 aliphatic carbocycles. The minimum Gasteiger partial charge on any atom is -0.365 e. The Bertz CT molecular complexity index is 946. The summed E-state index contributed by atoms with van der Waals surface area (Å²) in [6.45, 7) is -0.629. The Labute approximate surface area is 174 Å². The van der Waals surface area contributed by atoms with Crippen molar-refractivity contribution in [3.8, 4) is 0 Å². The van der Waals surface area contributed by atoms with Crippen LogP contribution in [0, 0.1) is 0 Å². The summed E-state index contributed by atoms with van der Waals surface area (Å²) >= 11 is 6.89. The van der Waals surface area contributed by atoms with Gasteiger partial charge in [-0.05, 0) is 29.8 Å². The lowest BCUT2D eigenvalue weighted by Gasteiger charge is -2.37. The molecule has 3 amide bonds. The van der Waals surface area contributed by atoms with Gasteiger partial charge in [0.15, 0.2) is 6.54 Å². The molecule has 29 heavy (non-hydrogen) atoms. The third kappa shape index (κ3) is 5.20. The molecule has 2 aromatic rings. The molecular formula is C18H19ClF3N4O2S+. The number of nitrogens with zero attached hydrogens (tertiary/aromatic N) is 1. The smallest absolute Gasteiger partial charge is 0.365 e. The van der Waals surface area contributed by atoms with Gasteiger partial charge in [-0.15, -0.1) is 11.3 Å². The van der Waals surface area contributed by atoms with Crippen LogP contribution in [-0.2, 0) is 13.0 Å². The molecule has 0 saturated heterocycles. The Morgan fingerprint density at radius 1 is 1.24 bits per heavy atom. The molecule has 0 bridgehead atoms. The molecule has 0 radical (unpaired) electrons. The molecule has 3 rings (SSSR count). The van der Waals surface area contributed by atoms with E-state index in [1.165, 1.54) is 7.05 Å². The van der Waals surface area contributed by atoms with Gasteiger partial charge in [-0.25, -0.2) is 4.79 Å². The van der Waals surface area contributed by atoms with Crippen LogP contribution in [0.5, 0.6) is 0 Å². The molecule has 0 saturated carbocycles. The minimum absolute atomic E-state index is 0.111. The zero-order valence-electron chi connectivity index (χ0n) is 15.4. The van der Waals surface area contributed by atoms with E-state index in [1.54, 1.807) is 24.3 Å². The molecule has 1 aliphatic rings. The molecule has 1 aliphatic heterocycles. The van der Waals surface area contributed by atoms with Crippen LogP contribution in [0.15, 0.2) is 24.3 Å². The number of likely N-dealkylation sites (N-methyl/N-ethyl adjacent to an activating group) is 1. The Morgan fingerprint density at radius 2 is 1.90 bits per heavy atom. The number of nitrogens with two attached hydrogens (primary N) is 1. The van der Waals surface area contributed by atoms with Crippen molar-refractivity contribution in [1.29, 1.82) is 0 Å². The third-order valence-corrected chi connectivity index (χ3v) is 6.04. The van der Waals surface area contributed by atoms with E-state index >= 15 is 0 Å². The molecule has 1 atom stereocenters. The number of anilines is 2. The van der Waals surface area contributed by atoms with Gasteiger partial charge in [-0.2, -0.15) is 13.2 Å². The normalized spacial score (nSPS) is 18.8. The Balaban J connectivity index is 1.81. The highest BCUT2D eigenvalue weighted by Gasteiger charge is 2.43. The van der Waals surface area contributed by atoms with E-state index in [0.29, 0.717) is 21.2 Å². The number of amides is 3. The van der Waals surface area contributed by atoms with Gasteiger partial charge >= 0.3 is 12.2 Å². The van der Waals surface area contributed by atoms with E-state index < -0.39 is 24.7 Å². The molecule has 4 N–H and O–H groups in total. The fourth-order valence-electron chi connectivity index (χ4n) is 3.43. The molecule has 11 heteroatoms. The maximum absolute atomic E-state index is 12.9. The molecule has 2 heterocycles. The van der Waals surface area contributed by atoms with Crippen LogP contribution in [0.4, 0.5) is 28.7 Å². The number of nitrogens with one attached hydrogen (secondary N) is 2. The van der Waals surface area contributed by atoms with Gasteiger partial charge in [0.1, 0.15) is 11.5 Å². The number of urea groups is 1. The van der Waals surface area contributed by atoms with E-state index in [1.807, 2.05) is 0 Å². The molecular weight excluding hydrogens is 429 g/mol. The predicted octanol–water partition coefficient (Wildman–Crippen LogP) is 4.21. The van der Waals surface area contributed by atoms with Crippen molar-refractivity contribution < 1.29 is 27.2 Å². The molecule has 0 fully saturated rings. The van der Waals surface area contributed by atoms with Gasteiger partial charge in [-0.1, -0.05) is 11.6 Å². The number of benzene rings is 1. The van der Waals surface area contributed by atoms with Gasteiger partial charge in [0.05, 0.1) is 24.0 Å². The molecule has 1 aromatic carbocycles. The first-order chi connectivity index (χ1) is 13.5. The summed E-state index contributed by atoms with van der Waals surface area (Å²) < 4.78 is 38.5. The lowest BCUT2D eigenvalue weighted by atomic mass is 10.0. The van der Waals surface area contributed by atoms with Crippen LogP contribution in [0.2, 0.25) is 5.02 Å². The van der Waals surface area contributed by atoms with Crippen molar-refractivity contribution in [3.05, 3.63) is 45.3 Å². The number of carbonyl (C=O) groups is 2. The van der Waals surface area contributed by atoms with Crippen LogP contribution < -0.4 is 16.4 Å². The number of carbonyl (C=O) groups excluding carboxylic acids is 2. The summed E-state index contributed by atoms with van der Waals surface area (Å²) in [5.41, 5.74) is 6.76. The summed E-state index contributed by atoms with van der Waals surface area (Å²) in [5.74, 6) is -0.726. The molecule has 0 spiro atoms. The van der Waals surface area contributed by atoms with Crippen LogP contribution in [0.1, 0.15) is 20.8 Å². The predicted molar refractivity (Wildman–Crippen MR) is 106 cm³/mol. The molecule has 156 valence electrons. The maximum Gasteiger partial charge on any atom is 0.438 e. The number of hydrogen-bond acceptors (Lipinski definition) is 3. The number of rotatable bonds is 4. The third-order valence-electron chi connectivity index (χ3n) is 4.65. The van der Waals surface area contributed by atoms with Gasteiger partial charge in [0.2, 0.25) is 0 Å². The fourth-order valence-corrected chi connectivity index (χ4v) is 4.97. The number of thiophene rings is 1. The molecule has 1 unspecified atom stereocenters. The lowest BCUT2D eigenvalue weighted by Crippen LogP contribution is -2.52. The summed E-state index contributed by atoms with van der Waals surface area (Å²) in [6.07, 6.45) is -4.02. The number of halogens is 4. The zero-order chi connectivity index (χ0) is 21.4. The summed E-state index contributed by atoms with van der Waals surface area (Å²) in [6, 6.07) is 5.83. The average molecular weight is 448 g/mol. The van der Waals surface area contributed by atoms with Crippen molar-refractivity contribution in [2.45, 2.75) is 19.1 Å². The van der Waals surface area contributed by atoms with E-state index in [9.17, 15) is 22.8 Å². The second-order valence-corrected chi connectivity index (χ2v) is 8.72. The van der Waals surface area contributed by atoms with Crippen LogP contribution in [0.25, 0.3) is 0 Å². The largest absolute Gasteiger partial charge is 0.438 e. The second kappa shape index (κ2) is 7.85. The number of fused-ring (bicyclic) bond motifs is 1. The van der Waals surface area contributed by atoms with E-state index in [4.69, 9.17) is 17.3 Å². The highest BCUT2D eigenvalue weighted by atomic mass is 35.5. The van der Waals surface area contributed by atoms with E-state index in [2.05, 4.69) is 10.6 Å². The van der Waals surface area contributed by atoms with Crippen molar-refractivity contribution in [2.75, 3.05) is 30.8 Å². The summed E-state index contributed by atoms with van der Waals surface area (Å²) in [4.78, 5) is 24.9. The van der Waals surface area contributed by atoms with Crippen molar-refractivity contribution in [2.24, 2.45) is 5.73 Å². The highest BCUT2D eigenvalue weighted by molar-refractivity contribution is 7.17. The fraction of sp³-hybridized carbons (Fsp3) is 0.333. The number of alkyl halides is 3. The monoisotopic (exact) mass is 447 g/mol. The topological polar surface area (TPSA) is 84.2 Å². The van der Waals surface area contributed by atoms with E-state index in [0.717, 1.165) is 11.3 Å². The molecule has 1 aromatic heterocycles. The first-order valence-electron chi connectivity index (χ1n) is 8.64. The van der Waals surface area contributed by atoms with Crippen molar-refractivity contribution in [3.63, 3.8) is 0 Å². The van der Waals surface area contributed by atoms with Crippen LogP contribution in [-0.4, -0.2) is 42.7 Å². The van der Waals surface area contributed by atoms with Gasteiger partial charge in [0.25, 0.3) is 5.91 Å². The Morgan fingerprint density at radius 3 is 2.48 bits per heavy atom. The van der Waals surface area contributed by atoms with Gasteiger partial charge in [-0.3, -0.25) is 10.1 Å². The average Bonchev–Trinajstić information content (AvgIpc) is 2.91. The number of quaternary nitrogens is 1. The van der Waals surface area contributed by atoms with Crippen molar-refractivity contribution >= 4 is 45.6 Å². The van der Waals surface area contributed by atoms with Crippen LogP contribution in [0.3, 0.4) is 0 Å². The zero-order valence-corrected chi connectivity index (χ0v) is 17.0. The lowest BCUT2D eigenvalue weighted by molar-refractivity contribution is -0.933. The molecule has 6 nitrogen and oxygen atoms in total. The van der Waals surface area contributed by atoms with Crippen molar-refractivity contribution in [1.82, 2.24) is 0 Å². The second-order valence-electron chi connectivity index (χ2n) is 7.18. The SMILES string of the molecule is C[N+]1(CC(F)(F)F)CCc2c(sc(NC(=O)Nc3ccc(Cl)cc3)c2C(N)=O)C1. The Kier molecular flexibility index (Phi) is 5.79. The first-order valence-corrected chi connectivity index (χ1v) is 9.83. The Hall–Kier alpha value is -2.30. The minimum atomic E-state index is -4.30. The standard InChI is InChI=1S/C18H18ClF3N4O2S/c1-26(9-18(20,21)22)7-6-12-13(8-26)29-16(14(12)15(23)27)25-17(28)24-11-4-2-10(19)3-5-11/h2-5H,6-9H2,1H3,(H3-,23,24,25,27,28)/p+1. The first kappa shape index (κ1) is 21.4. The van der Waals surface area contributed by atoms with Gasteiger partial charge < -0.3 is 15.5 Å². The summed E-state index contributed by atoms with van der Waals surface area (Å²) in [5, 5.41) is 5.94. The van der Waals surface area contributed by atoms with Crippen LogP contribution >= 0.6 is 22.9 Å². The maximum atomic E-state index is 12.9. The highest BCUT2D eigenvalue weighted by Crippen LogP contribution is 2.39.